The van der Waals surface area contributed by atoms with Gasteiger partial charge in [-0.05, 0) is 19.3 Å². The summed E-state index contributed by atoms with van der Waals surface area (Å²) >= 11 is 0. The Labute approximate surface area is 272 Å². The molecule has 0 spiro atoms. The number of unbranched alkanes of at least 4 members (excludes halogenated alkanes) is 19. The molecule has 0 aliphatic rings. The van der Waals surface area contributed by atoms with Crippen LogP contribution in [-0.4, -0.2) is 68.5 Å². The number of nitrogens with zero attached hydrogens (tertiary/aromatic N) is 1. The standard InChI is InChI=1S/C35H71N2O6P/c1-6-8-10-12-14-15-16-17-18-19-20-21-23-24-26-28-34(38)33(32-43-44(40,41)42-31-30-37(3,4)5)36-35(39)29-27-25-22-13-11-9-7-2/h26,28,33-34,38H,6-25,27,29-32H2,1-5H3,(H-,36,39,40,41)/b28-26+. The number of nitrogens with one attached hydrogen (secondary N) is 1. The highest BCUT2D eigenvalue weighted by Gasteiger charge is 2.23. The predicted octanol–water partition coefficient (Wildman–Crippen LogP) is 8.22. The van der Waals surface area contributed by atoms with E-state index in [0.717, 1.165) is 38.5 Å². The summed E-state index contributed by atoms with van der Waals surface area (Å²) in [6, 6.07) is -0.876. The Balaban J connectivity index is 4.50. The molecule has 0 heterocycles. The molecule has 1 amide bonds. The number of likely N-dealkylation sites (N-methyl/N-ethyl adjacent to an activating group) is 1. The van der Waals surface area contributed by atoms with Crippen molar-refractivity contribution >= 4 is 13.7 Å². The van der Waals surface area contributed by atoms with Gasteiger partial charge < -0.3 is 28.8 Å². The van der Waals surface area contributed by atoms with Crippen LogP contribution in [0, 0.1) is 0 Å². The van der Waals surface area contributed by atoms with Crippen LogP contribution in [-0.2, 0) is 18.4 Å². The maximum absolute atomic E-state index is 12.6. The Morgan fingerprint density at radius 3 is 1.70 bits per heavy atom. The number of amides is 1. The van der Waals surface area contributed by atoms with E-state index in [1.165, 1.54) is 96.3 Å². The van der Waals surface area contributed by atoms with Gasteiger partial charge in [0, 0.05) is 6.42 Å². The summed E-state index contributed by atoms with van der Waals surface area (Å²) in [4.78, 5) is 25.0. The van der Waals surface area contributed by atoms with E-state index in [2.05, 4.69) is 19.2 Å². The van der Waals surface area contributed by atoms with E-state index in [9.17, 15) is 19.4 Å². The van der Waals surface area contributed by atoms with Crippen LogP contribution in [0.1, 0.15) is 155 Å². The Morgan fingerprint density at radius 1 is 0.773 bits per heavy atom. The molecule has 0 aromatic heterocycles. The molecule has 8 nitrogen and oxygen atoms in total. The van der Waals surface area contributed by atoms with Crippen LogP contribution >= 0.6 is 7.82 Å². The van der Waals surface area contributed by atoms with Gasteiger partial charge in [-0.3, -0.25) is 9.36 Å². The second-order valence-corrected chi connectivity index (χ2v) is 15.0. The SMILES string of the molecule is CCCCCCCCCCCCCCC/C=C/C(O)C(COP(=O)([O-])OCC[N+](C)(C)C)NC(=O)CCCCCCCCC. The first-order valence-electron chi connectivity index (χ1n) is 18.1. The number of rotatable bonds is 32. The fourth-order valence-corrected chi connectivity index (χ4v) is 5.76. The van der Waals surface area contributed by atoms with Gasteiger partial charge in [-0.25, -0.2) is 0 Å². The molecule has 0 aromatic carbocycles. The number of aliphatic hydroxyl groups is 1. The summed E-state index contributed by atoms with van der Waals surface area (Å²) in [6.07, 6.45) is 28.3. The van der Waals surface area contributed by atoms with Gasteiger partial charge in [0.15, 0.2) is 0 Å². The summed E-state index contributed by atoms with van der Waals surface area (Å²) in [5.74, 6) is -0.206. The van der Waals surface area contributed by atoms with Crippen LogP contribution in [0.15, 0.2) is 12.2 Å². The van der Waals surface area contributed by atoms with E-state index in [-0.39, 0.29) is 19.1 Å². The Morgan fingerprint density at radius 2 is 1.23 bits per heavy atom. The van der Waals surface area contributed by atoms with Crippen molar-refractivity contribution in [2.75, 3.05) is 40.9 Å². The van der Waals surface area contributed by atoms with Crippen molar-refractivity contribution in [3.63, 3.8) is 0 Å². The molecule has 0 bridgehead atoms. The molecule has 44 heavy (non-hydrogen) atoms. The maximum atomic E-state index is 12.6. The van der Waals surface area contributed by atoms with Gasteiger partial charge in [-0.15, -0.1) is 0 Å². The number of carbonyl (C=O) groups excluding carboxylic acids is 1. The smallest absolute Gasteiger partial charge is 0.268 e. The molecule has 3 atom stereocenters. The van der Waals surface area contributed by atoms with Crippen molar-refractivity contribution in [3.05, 3.63) is 12.2 Å². The molecular weight excluding hydrogens is 575 g/mol. The average molecular weight is 647 g/mol. The zero-order valence-electron chi connectivity index (χ0n) is 29.4. The van der Waals surface area contributed by atoms with Gasteiger partial charge in [0.05, 0.1) is 39.9 Å². The van der Waals surface area contributed by atoms with E-state index >= 15 is 0 Å². The monoisotopic (exact) mass is 647 g/mol. The Kier molecular flexibility index (Phi) is 28.0. The molecule has 0 aliphatic heterocycles. The first-order chi connectivity index (χ1) is 21.0. The Bertz CT molecular complexity index is 743. The molecular formula is C35H71N2O6P. The lowest BCUT2D eigenvalue weighted by Crippen LogP contribution is -2.45. The van der Waals surface area contributed by atoms with E-state index in [1.807, 2.05) is 27.2 Å². The van der Waals surface area contributed by atoms with Crippen LogP contribution < -0.4 is 10.2 Å². The van der Waals surface area contributed by atoms with Crippen molar-refractivity contribution in [2.24, 2.45) is 0 Å². The lowest BCUT2D eigenvalue weighted by molar-refractivity contribution is -0.870. The van der Waals surface area contributed by atoms with Gasteiger partial charge in [0.1, 0.15) is 13.2 Å². The van der Waals surface area contributed by atoms with Crippen LogP contribution in [0.25, 0.3) is 0 Å². The normalized spacial score (nSPS) is 15.0. The number of quaternary nitrogens is 1. The van der Waals surface area contributed by atoms with Crippen LogP contribution in [0.3, 0.4) is 0 Å². The second kappa shape index (κ2) is 28.5. The number of hydrogen-bond acceptors (Lipinski definition) is 6. The second-order valence-electron chi connectivity index (χ2n) is 13.6. The molecule has 9 heteroatoms. The first-order valence-corrected chi connectivity index (χ1v) is 19.5. The minimum absolute atomic E-state index is 0.00113. The van der Waals surface area contributed by atoms with Crippen molar-refractivity contribution < 1.29 is 32.9 Å². The number of phosphoric ester groups is 1. The maximum Gasteiger partial charge on any atom is 0.268 e. The van der Waals surface area contributed by atoms with Crippen molar-refractivity contribution in [1.82, 2.24) is 5.32 Å². The largest absolute Gasteiger partial charge is 0.756 e. The molecule has 0 aromatic rings. The first kappa shape index (κ1) is 43.2. The predicted molar refractivity (Wildman–Crippen MR) is 182 cm³/mol. The van der Waals surface area contributed by atoms with Crippen LogP contribution in [0.4, 0.5) is 0 Å². The van der Waals surface area contributed by atoms with Crippen LogP contribution in [0.5, 0.6) is 0 Å². The topological polar surface area (TPSA) is 108 Å². The van der Waals surface area contributed by atoms with E-state index < -0.39 is 20.0 Å². The minimum Gasteiger partial charge on any atom is -0.756 e. The van der Waals surface area contributed by atoms with Crippen molar-refractivity contribution in [3.8, 4) is 0 Å². The fourth-order valence-electron chi connectivity index (χ4n) is 5.03. The molecule has 0 saturated carbocycles. The summed E-state index contributed by atoms with van der Waals surface area (Å²) < 4.78 is 23.0. The molecule has 0 radical (unpaired) electrons. The quantitative estimate of drug-likeness (QED) is 0.0330. The number of allylic oxidation sites excluding steroid dienone is 1. The van der Waals surface area contributed by atoms with E-state index in [1.54, 1.807) is 6.08 Å². The Hall–Kier alpha value is -0.760. The molecule has 3 unspecified atom stereocenters. The highest BCUT2D eigenvalue weighted by atomic mass is 31.2. The molecule has 262 valence electrons. The van der Waals surface area contributed by atoms with Gasteiger partial charge >= 0.3 is 0 Å². The molecule has 0 fully saturated rings. The average Bonchev–Trinajstić information content (AvgIpc) is 2.95. The molecule has 0 saturated heterocycles. The van der Waals surface area contributed by atoms with Crippen molar-refractivity contribution in [1.29, 1.82) is 0 Å². The lowest BCUT2D eigenvalue weighted by Gasteiger charge is -2.29. The molecule has 0 aliphatic carbocycles. The fraction of sp³-hybridized carbons (Fsp3) is 0.914. The number of carbonyl (C=O) groups is 1. The summed E-state index contributed by atoms with van der Waals surface area (Å²) in [6.45, 7) is 4.57. The number of hydrogen-bond donors (Lipinski definition) is 2. The van der Waals surface area contributed by atoms with E-state index in [0.29, 0.717) is 17.4 Å². The van der Waals surface area contributed by atoms with Crippen molar-refractivity contribution in [2.45, 2.75) is 167 Å². The summed E-state index contributed by atoms with van der Waals surface area (Å²) in [5.41, 5.74) is 0. The summed E-state index contributed by atoms with van der Waals surface area (Å²) in [7, 11) is 1.26. The third-order valence-corrected chi connectivity index (χ3v) is 8.96. The van der Waals surface area contributed by atoms with E-state index in [4.69, 9.17) is 9.05 Å². The van der Waals surface area contributed by atoms with Gasteiger partial charge in [0.2, 0.25) is 5.91 Å². The third-order valence-electron chi connectivity index (χ3n) is 8.00. The lowest BCUT2D eigenvalue weighted by atomic mass is 10.0. The third kappa shape index (κ3) is 29.9. The van der Waals surface area contributed by atoms with Gasteiger partial charge in [0.25, 0.3) is 7.82 Å². The number of aliphatic hydroxyl groups excluding tert-OH is 1. The zero-order valence-corrected chi connectivity index (χ0v) is 30.3. The molecule has 2 N–H and O–H groups in total. The zero-order chi connectivity index (χ0) is 32.9. The minimum atomic E-state index is -4.56. The number of phosphoric acid groups is 1. The van der Waals surface area contributed by atoms with Gasteiger partial charge in [-0.1, -0.05) is 142 Å². The summed E-state index contributed by atoms with van der Waals surface area (Å²) in [5, 5.41) is 13.6. The highest BCUT2D eigenvalue weighted by molar-refractivity contribution is 7.45. The van der Waals surface area contributed by atoms with Crippen LogP contribution in [0.2, 0.25) is 0 Å². The highest BCUT2D eigenvalue weighted by Crippen LogP contribution is 2.38. The molecule has 0 rings (SSSR count). The van der Waals surface area contributed by atoms with Gasteiger partial charge in [-0.2, -0.15) is 0 Å².